The standard InChI is InChI=1S/C20H20BrClN2O4S/c1-12-9-14-10-15(21)11-18(20(14)24(12)13(2)25)29(27,28)8-7-19(26)23-17-6-4-3-5-16(17)22/h3-6,10-12H,7-9H2,1-2H3,(H,23,26). The van der Waals surface area contributed by atoms with Gasteiger partial charge in [0.25, 0.3) is 0 Å². The summed E-state index contributed by atoms with van der Waals surface area (Å²) in [7, 11) is -3.81. The lowest BCUT2D eigenvalue weighted by molar-refractivity contribution is -0.117. The van der Waals surface area contributed by atoms with Crippen LogP contribution in [0.3, 0.4) is 0 Å². The van der Waals surface area contributed by atoms with Crippen molar-refractivity contribution < 1.29 is 18.0 Å². The molecule has 0 fully saturated rings. The van der Waals surface area contributed by atoms with E-state index in [2.05, 4.69) is 21.2 Å². The lowest BCUT2D eigenvalue weighted by Crippen LogP contribution is -2.34. The van der Waals surface area contributed by atoms with Crippen LogP contribution in [0.5, 0.6) is 0 Å². The molecule has 0 aromatic heterocycles. The average molecular weight is 500 g/mol. The Bertz CT molecular complexity index is 1090. The quantitative estimate of drug-likeness (QED) is 0.668. The van der Waals surface area contributed by atoms with Gasteiger partial charge in [-0.3, -0.25) is 9.59 Å². The van der Waals surface area contributed by atoms with Crippen LogP contribution >= 0.6 is 27.5 Å². The molecule has 0 saturated carbocycles. The van der Waals surface area contributed by atoms with Gasteiger partial charge in [0, 0.05) is 23.9 Å². The predicted octanol–water partition coefficient (Wildman–Crippen LogP) is 4.20. The van der Waals surface area contributed by atoms with Crippen molar-refractivity contribution in [3.05, 3.63) is 51.5 Å². The minimum atomic E-state index is -3.81. The highest BCUT2D eigenvalue weighted by molar-refractivity contribution is 9.10. The minimum Gasteiger partial charge on any atom is -0.325 e. The van der Waals surface area contributed by atoms with E-state index < -0.39 is 15.7 Å². The second-order valence-corrected chi connectivity index (χ2v) is 10.4. The molecule has 1 heterocycles. The number of nitrogens with zero attached hydrogens (tertiary/aromatic N) is 1. The maximum atomic E-state index is 13.1. The van der Waals surface area contributed by atoms with Gasteiger partial charge in [0.05, 0.1) is 27.0 Å². The molecule has 1 atom stereocenters. The number of nitrogens with one attached hydrogen (secondary N) is 1. The van der Waals surface area contributed by atoms with Crippen LogP contribution in [0, 0.1) is 0 Å². The van der Waals surface area contributed by atoms with Crippen molar-refractivity contribution in [3.8, 4) is 0 Å². The zero-order valence-corrected chi connectivity index (χ0v) is 19.1. The molecule has 0 radical (unpaired) electrons. The van der Waals surface area contributed by atoms with Crippen LogP contribution in [0.2, 0.25) is 5.02 Å². The highest BCUT2D eigenvalue weighted by atomic mass is 79.9. The Morgan fingerprint density at radius 3 is 2.62 bits per heavy atom. The summed E-state index contributed by atoms with van der Waals surface area (Å²) < 4.78 is 26.8. The van der Waals surface area contributed by atoms with E-state index in [1.54, 1.807) is 24.3 Å². The van der Waals surface area contributed by atoms with E-state index in [1.807, 2.05) is 13.0 Å². The second kappa shape index (κ2) is 8.45. The van der Waals surface area contributed by atoms with Crippen LogP contribution in [0.15, 0.2) is 45.8 Å². The van der Waals surface area contributed by atoms with Gasteiger partial charge in [-0.05, 0) is 43.2 Å². The number of fused-ring (bicyclic) bond motifs is 1. The number of benzene rings is 2. The zero-order valence-electron chi connectivity index (χ0n) is 15.9. The summed E-state index contributed by atoms with van der Waals surface area (Å²) in [6.45, 7) is 3.30. The van der Waals surface area contributed by atoms with Crippen LogP contribution in [0.25, 0.3) is 0 Å². The van der Waals surface area contributed by atoms with Crippen molar-refractivity contribution >= 4 is 60.6 Å². The van der Waals surface area contributed by atoms with E-state index in [4.69, 9.17) is 11.6 Å². The number of halogens is 2. The van der Waals surface area contributed by atoms with E-state index in [0.717, 1.165) is 5.56 Å². The van der Waals surface area contributed by atoms with Gasteiger partial charge in [-0.15, -0.1) is 0 Å². The first-order valence-electron chi connectivity index (χ1n) is 8.99. The highest BCUT2D eigenvalue weighted by Crippen LogP contribution is 2.40. The van der Waals surface area contributed by atoms with Crippen molar-refractivity contribution in [1.82, 2.24) is 0 Å². The summed E-state index contributed by atoms with van der Waals surface area (Å²) in [6.07, 6.45) is 0.342. The monoisotopic (exact) mass is 498 g/mol. The molecule has 0 aliphatic carbocycles. The van der Waals surface area contributed by atoms with Crippen molar-refractivity contribution in [3.63, 3.8) is 0 Å². The SMILES string of the molecule is CC(=O)N1c2c(cc(Br)cc2S(=O)(=O)CCC(=O)Nc2ccccc2Cl)CC1C. The first-order valence-corrected chi connectivity index (χ1v) is 11.8. The third-order valence-electron chi connectivity index (χ3n) is 4.74. The Hall–Kier alpha value is -1.90. The van der Waals surface area contributed by atoms with Crippen molar-refractivity contribution in [2.45, 2.75) is 37.6 Å². The molecule has 2 aromatic rings. The second-order valence-electron chi connectivity index (χ2n) is 6.95. The normalized spacial score (nSPS) is 15.9. The van der Waals surface area contributed by atoms with Crippen molar-refractivity contribution in [1.29, 1.82) is 0 Å². The third-order valence-corrected chi connectivity index (χ3v) is 7.25. The first kappa shape index (κ1) is 21.8. The van der Waals surface area contributed by atoms with E-state index in [-0.39, 0.29) is 29.0 Å². The zero-order chi connectivity index (χ0) is 21.3. The molecule has 29 heavy (non-hydrogen) atoms. The van der Waals surface area contributed by atoms with Gasteiger partial charge in [-0.25, -0.2) is 8.42 Å². The van der Waals surface area contributed by atoms with E-state index in [0.29, 0.717) is 27.3 Å². The van der Waals surface area contributed by atoms with E-state index >= 15 is 0 Å². The predicted molar refractivity (Wildman–Crippen MR) is 117 cm³/mol. The molecule has 1 N–H and O–H groups in total. The number of sulfone groups is 1. The fourth-order valence-corrected chi connectivity index (χ4v) is 5.85. The lowest BCUT2D eigenvalue weighted by atomic mass is 10.1. The number of hydrogen-bond acceptors (Lipinski definition) is 4. The van der Waals surface area contributed by atoms with Crippen LogP contribution in [0.1, 0.15) is 25.8 Å². The molecule has 1 unspecified atom stereocenters. The maximum Gasteiger partial charge on any atom is 0.225 e. The van der Waals surface area contributed by atoms with Crippen LogP contribution in [0.4, 0.5) is 11.4 Å². The molecule has 0 spiro atoms. The maximum absolute atomic E-state index is 13.1. The van der Waals surface area contributed by atoms with Crippen molar-refractivity contribution in [2.24, 2.45) is 0 Å². The average Bonchev–Trinajstić information content (AvgIpc) is 2.97. The molecule has 6 nitrogen and oxygen atoms in total. The summed E-state index contributed by atoms with van der Waals surface area (Å²) in [5, 5.41) is 3.00. The molecular formula is C20H20BrClN2O4S. The molecular weight excluding hydrogens is 480 g/mol. The highest BCUT2D eigenvalue weighted by Gasteiger charge is 2.35. The van der Waals surface area contributed by atoms with Gasteiger partial charge in [-0.1, -0.05) is 39.7 Å². The van der Waals surface area contributed by atoms with Crippen LogP contribution in [-0.2, 0) is 25.8 Å². The van der Waals surface area contributed by atoms with Crippen molar-refractivity contribution in [2.75, 3.05) is 16.0 Å². The number of anilines is 2. The molecule has 3 rings (SSSR count). The number of amides is 2. The van der Waals surface area contributed by atoms with Gasteiger partial charge >= 0.3 is 0 Å². The smallest absolute Gasteiger partial charge is 0.225 e. The topological polar surface area (TPSA) is 83.6 Å². The molecule has 9 heteroatoms. The molecule has 0 saturated heterocycles. The molecule has 0 bridgehead atoms. The number of hydrogen-bond donors (Lipinski definition) is 1. The number of para-hydroxylation sites is 1. The molecule has 1 aliphatic heterocycles. The molecule has 2 aromatic carbocycles. The summed E-state index contributed by atoms with van der Waals surface area (Å²) in [5.74, 6) is -1.05. The summed E-state index contributed by atoms with van der Waals surface area (Å²) in [5.41, 5.74) is 1.64. The fraction of sp³-hybridized carbons (Fsp3) is 0.300. The van der Waals surface area contributed by atoms with Gasteiger partial charge in [0.1, 0.15) is 0 Å². The van der Waals surface area contributed by atoms with E-state index in [9.17, 15) is 18.0 Å². The molecule has 154 valence electrons. The van der Waals surface area contributed by atoms with Gasteiger partial charge in [0.2, 0.25) is 11.8 Å². The lowest BCUT2D eigenvalue weighted by Gasteiger charge is -2.23. The number of carbonyl (C=O) groups is 2. The van der Waals surface area contributed by atoms with Gasteiger partial charge in [-0.2, -0.15) is 0 Å². The summed E-state index contributed by atoms with van der Waals surface area (Å²) >= 11 is 9.37. The Morgan fingerprint density at radius 2 is 1.97 bits per heavy atom. The minimum absolute atomic E-state index is 0.0620. The summed E-state index contributed by atoms with van der Waals surface area (Å²) in [6, 6.07) is 9.93. The van der Waals surface area contributed by atoms with E-state index in [1.165, 1.54) is 17.9 Å². The number of carbonyl (C=O) groups excluding carboxylic acids is 2. The number of rotatable bonds is 5. The molecule has 1 aliphatic rings. The van der Waals surface area contributed by atoms with Crippen LogP contribution in [-0.4, -0.2) is 32.0 Å². The largest absolute Gasteiger partial charge is 0.325 e. The van der Waals surface area contributed by atoms with Gasteiger partial charge in [0.15, 0.2) is 9.84 Å². The Morgan fingerprint density at radius 1 is 1.28 bits per heavy atom. The molecule has 2 amide bonds. The first-order chi connectivity index (χ1) is 13.6. The Balaban J connectivity index is 1.84. The fourth-order valence-electron chi connectivity index (χ4n) is 3.50. The third kappa shape index (κ3) is 4.65. The van der Waals surface area contributed by atoms with Crippen LogP contribution < -0.4 is 10.2 Å². The Kier molecular flexibility index (Phi) is 6.36. The van der Waals surface area contributed by atoms with Gasteiger partial charge < -0.3 is 10.2 Å². The Labute approximate surface area is 183 Å². The summed E-state index contributed by atoms with van der Waals surface area (Å²) in [4.78, 5) is 26.0.